The van der Waals surface area contributed by atoms with Gasteiger partial charge in [-0.2, -0.15) is 0 Å². The molecule has 0 aliphatic heterocycles. The lowest BCUT2D eigenvalue weighted by Gasteiger charge is -2.24. The van der Waals surface area contributed by atoms with E-state index in [1.807, 2.05) is 26.0 Å². The van der Waals surface area contributed by atoms with Crippen LogP contribution in [0.2, 0.25) is 5.02 Å². The zero-order valence-electron chi connectivity index (χ0n) is 17.2. The number of amides is 2. The lowest BCUT2D eigenvalue weighted by molar-refractivity contribution is -0.141. The Labute approximate surface area is 172 Å². The third kappa shape index (κ3) is 9.92. The molecule has 0 saturated heterocycles. The minimum absolute atomic E-state index is 0.174. The zero-order chi connectivity index (χ0) is 21.2. The molecular weight excluding hydrogens is 384 g/mol. The summed E-state index contributed by atoms with van der Waals surface area (Å²) in [5.41, 5.74) is 0.187. The van der Waals surface area contributed by atoms with Crippen LogP contribution in [0.5, 0.6) is 0 Å². The minimum Gasteiger partial charge on any atom is -0.444 e. The molecule has 0 radical (unpaired) electrons. The molecule has 2 N–H and O–H groups in total. The number of halogens is 1. The molecule has 0 bridgehead atoms. The number of rotatable bonds is 10. The molecule has 0 heterocycles. The Morgan fingerprint density at radius 2 is 1.64 bits per heavy atom. The van der Waals surface area contributed by atoms with E-state index in [1.54, 1.807) is 32.9 Å². The lowest BCUT2D eigenvalue weighted by atomic mass is 10.1. The fourth-order valence-corrected chi connectivity index (χ4v) is 2.49. The van der Waals surface area contributed by atoms with E-state index < -0.39 is 24.0 Å². The van der Waals surface area contributed by atoms with Gasteiger partial charge in [-0.05, 0) is 52.3 Å². The highest BCUT2D eigenvalue weighted by Crippen LogP contribution is 2.12. The van der Waals surface area contributed by atoms with E-state index in [4.69, 9.17) is 25.8 Å². The summed E-state index contributed by atoms with van der Waals surface area (Å²) in [5, 5.41) is 6.00. The van der Waals surface area contributed by atoms with Crippen LogP contribution in [0.25, 0.3) is 0 Å². The molecule has 1 aromatic rings. The van der Waals surface area contributed by atoms with Gasteiger partial charge in [0.1, 0.15) is 11.6 Å². The van der Waals surface area contributed by atoms with Gasteiger partial charge in [-0.1, -0.05) is 23.7 Å². The Bertz CT molecular complexity index is 610. The molecule has 0 unspecified atom stereocenters. The second kappa shape index (κ2) is 11.9. The maximum absolute atomic E-state index is 12.7. The number of ether oxygens (including phenoxy) is 3. The van der Waals surface area contributed by atoms with Crippen molar-refractivity contribution in [3.63, 3.8) is 0 Å². The Balaban J connectivity index is 2.81. The first kappa shape index (κ1) is 24.2. The summed E-state index contributed by atoms with van der Waals surface area (Å²) in [6.07, 6.45) is -0.916. The number of carbonyl (C=O) groups excluding carboxylic acids is 2. The quantitative estimate of drug-likeness (QED) is 0.574. The highest BCUT2D eigenvalue weighted by atomic mass is 35.5. The van der Waals surface area contributed by atoms with E-state index in [9.17, 15) is 9.59 Å². The highest BCUT2D eigenvalue weighted by Gasteiger charge is 2.25. The number of benzene rings is 1. The molecule has 158 valence electrons. The van der Waals surface area contributed by atoms with E-state index in [0.717, 1.165) is 5.56 Å². The van der Waals surface area contributed by atoms with Gasteiger partial charge >= 0.3 is 6.09 Å². The van der Waals surface area contributed by atoms with E-state index in [0.29, 0.717) is 18.2 Å². The first-order chi connectivity index (χ1) is 13.1. The van der Waals surface area contributed by atoms with Crippen molar-refractivity contribution in [2.24, 2.45) is 0 Å². The van der Waals surface area contributed by atoms with Crippen LogP contribution in [-0.2, 0) is 25.4 Å². The zero-order valence-corrected chi connectivity index (χ0v) is 18.0. The predicted molar refractivity (Wildman–Crippen MR) is 108 cm³/mol. The van der Waals surface area contributed by atoms with E-state index in [2.05, 4.69) is 10.6 Å². The van der Waals surface area contributed by atoms with E-state index in [1.165, 1.54) is 0 Å². The van der Waals surface area contributed by atoms with Crippen LogP contribution >= 0.6 is 11.6 Å². The van der Waals surface area contributed by atoms with Crippen molar-refractivity contribution >= 4 is 23.6 Å². The highest BCUT2D eigenvalue weighted by molar-refractivity contribution is 6.30. The SMILES string of the molecule is CCOC(CNC(=O)[C@H](Cc1ccc(Cl)cc1)NC(=O)OC(C)(C)C)OCC. The van der Waals surface area contributed by atoms with Gasteiger partial charge in [0.2, 0.25) is 5.91 Å². The van der Waals surface area contributed by atoms with Crippen molar-refractivity contribution in [2.45, 2.75) is 59.0 Å². The topological polar surface area (TPSA) is 85.9 Å². The third-order valence-electron chi connectivity index (χ3n) is 3.51. The molecule has 7 nitrogen and oxygen atoms in total. The van der Waals surface area contributed by atoms with Crippen LogP contribution in [0.4, 0.5) is 4.79 Å². The van der Waals surface area contributed by atoms with Gasteiger partial charge in [0.05, 0.1) is 6.54 Å². The van der Waals surface area contributed by atoms with Gasteiger partial charge in [-0.15, -0.1) is 0 Å². The van der Waals surface area contributed by atoms with Gasteiger partial charge < -0.3 is 24.8 Å². The molecule has 0 spiro atoms. The van der Waals surface area contributed by atoms with Crippen LogP contribution in [0.15, 0.2) is 24.3 Å². The van der Waals surface area contributed by atoms with Crippen molar-refractivity contribution in [1.82, 2.24) is 10.6 Å². The molecule has 28 heavy (non-hydrogen) atoms. The Morgan fingerprint density at radius 3 is 2.14 bits per heavy atom. The van der Waals surface area contributed by atoms with Gasteiger partial charge in [0.25, 0.3) is 0 Å². The normalized spacial score (nSPS) is 12.5. The largest absolute Gasteiger partial charge is 0.444 e. The Hall–Kier alpha value is -1.83. The maximum atomic E-state index is 12.7. The van der Waals surface area contributed by atoms with Gasteiger partial charge in [0.15, 0.2) is 6.29 Å². The van der Waals surface area contributed by atoms with Crippen molar-refractivity contribution in [2.75, 3.05) is 19.8 Å². The summed E-state index contributed by atoms with van der Waals surface area (Å²) >= 11 is 5.91. The summed E-state index contributed by atoms with van der Waals surface area (Å²) in [7, 11) is 0. The number of carbonyl (C=O) groups is 2. The van der Waals surface area contributed by atoms with Crippen molar-refractivity contribution in [3.05, 3.63) is 34.9 Å². The monoisotopic (exact) mass is 414 g/mol. The molecule has 1 atom stereocenters. The summed E-state index contributed by atoms with van der Waals surface area (Å²) in [4.78, 5) is 24.9. The molecule has 2 amide bonds. The van der Waals surface area contributed by atoms with Crippen LogP contribution in [0.3, 0.4) is 0 Å². The van der Waals surface area contributed by atoms with Crippen LogP contribution in [0, 0.1) is 0 Å². The fourth-order valence-electron chi connectivity index (χ4n) is 2.36. The number of hydrogen-bond donors (Lipinski definition) is 2. The standard InChI is InChI=1S/C20H31ClN2O5/c1-6-26-17(27-7-2)13-22-18(24)16(23-19(25)28-20(3,4)5)12-14-8-10-15(21)11-9-14/h8-11,16-17H,6-7,12-13H2,1-5H3,(H,22,24)(H,23,25)/t16-/m0/s1. The van der Waals surface area contributed by atoms with Crippen LogP contribution < -0.4 is 10.6 Å². The molecule has 0 fully saturated rings. The smallest absolute Gasteiger partial charge is 0.408 e. The first-order valence-corrected chi connectivity index (χ1v) is 9.77. The molecule has 0 aliphatic carbocycles. The number of alkyl carbamates (subject to hydrolysis) is 1. The van der Waals surface area contributed by atoms with E-state index in [-0.39, 0.29) is 18.9 Å². The third-order valence-corrected chi connectivity index (χ3v) is 3.76. The van der Waals surface area contributed by atoms with Gasteiger partial charge in [0, 0.05) is 24.7 Å². The summed E-state index contributed by atoms with van der Waals surface area (Å²) in [6, 6.07) is 6.27. The maximum Gasteiger partial charge on any atom is 0.408 e. The van der Waals surface area contributed by atoms with Crippen LogP contribution in [0.1, 0.15) is 40.2 Å². The number of nitrogens with one attached hydrogen (secondary N) is 2. The van der Waals surface area contributed by atoms with E-state index >= 15 is 0 Å². The molecular formula is C20H31ClN2O5. The molecule has 1 aromatic carbocycles. The van der Waals surface area contributed by atoms with Gasteiger partial charge in [-0.3, -0.25) is 4.79 Å². The fraction of sp³-hybridized carbons (Fsp3) is 0.600. The molecule has 0 aliphatic rings. The Kier molecular flexibility index (Phi) is 10.3. The van der Waals surface area contributed by atoms with Crippen molar-refractivity contribution in [1.29, 1.82) is 0 Å². The second-order valence-corrected chi connectivity index (χ2v) is 7.55. The first-order valence-electron chi connectivity index (χ1n) is 9.39. The number of hydrogen-bond acceptors (Lipinski definition) is 5. The van der Waals surface area contributed by atoms with Crippen molar-refractivity contribution < 1.29 is 23.8 Å². The molecule has 0 aromatic heterocycles. The molecule has 0 saturated carbocycles. The predicted octanol–water partition coefficient (Wildman–Crippen LogP) is 3.29. The Morgan fingerprint density at radius 1 is 1.07 bits per heavy atom. The summed E-state index contributed by atoms with van der Waals surface area (Å²) in [5.74, 6) is -0.356. The summed E-state index contributed by atoms with van der Waals surface area (Å²) in [6.45, 7) is 10.1. The molecule has 8 heteroatoms. The van der Waals surface area contributed by atoms with Gasteiger partial charge in [-0.25, -0.2) is 4.79 Å². The van der Waals surface area contributed by atoms with Crippen LogP contribution in [-0.4, -0.2) is 49.7 Å². The molecule has 1 rings (SSSR count). The summed E-state index contributed by atoms with van der Waals surface area (Å²) < 4.78 is 16.1. The van der Waals surface area contributed by atoms with Crippen molar-refractivity contribution in [3.8, 4) is 0 Å². The second-order valence-electron chi connectivity index (χ2n) is 7.11. The average molecular weight is 415 g/mol. The lowest BCUT2D eigenvalue weighted by Crippen LogP contribution is -2.50. The average Bonchev–Trinajstić information content (AvgIpc) is 2.59. The minimum atomic E-state index is -0.820.